The Bertz CT molecular complexity index is 551. The number of hydrazine groups is 1. The highest BCUT2D eigenvalue weighted by atomic mass is 32.2. The predicted octanol–water partition coefficient (Wildman–Crippen LogP) is 4.30. The van der Waals surface area contributed by atoms with E-state index in [0.717, 1.165) is 18.6 Å². The predicted molar refractivity (Wildman–Crippen MR) is 92.4 cm³/mol. The minimum Gasteiger partial charge on any atom is -0.271 e. The lowest BCUT2D eigenvalue weighted by atomic mass is 9.96. The number of benzene rings is 2. The number of hydrogen-bond donors (Lipinski definition) is 2. The highest BCUT2D eigenvalue weighted by Crippen LogP contribution is 2.25. The largest absolute Gasteiger partial charge is 0.271 e. The van der Waals surface area contributed by atoms with Crippen LogP contribution in [0.1, 0.15) is 43.0 Å². The molecule has 3 N–H and O–H groups in total. The Morgan fingerprint density at radius 2 is 1.81 bits per heavy atom. The van der Waals surface area contributed by atoms with Crippen molar-refractivity contribution in [3.63, 3.8) is 0 Å². The zero-order chi connectivity index (χ0) is 15.1. The first-order valence-corrected chi connectivity index (χ1v) is 8.54. The van der Waals surface area contributed by atoms with Crippen molar-refractivity contribution < 1.29 is 0 Å². The van der Waals surface area contributed by atoms with Crippen LogP contribution >= 0.6 is 11.8 Å². The second-order valence-electron chi connectivity index (χ2n) is 5.10. The molecule has 2 aromatic carbocycles. The molecule has 0 fully saturated rings. The van der Waals surface area contributed by atoms with Gasteiger partial charge in [-0.15, -0.1) is 11.8 Å². The average Bonchev–Trinajstić information content (AvgIpc) is 2.51. The Kier molecular flexibility index (Phi) is 6.30. The molecule has 2 rings (SSSR count). The van der Waals surface area contributed by atoms with Gasteiger partial charge in [-0.05, 0) is 41.0 Å². The van der Waals surface area contributed by atoms with Crippen LogP contribution in [0.15, 0.2) is 53.4 Å². The van der Waals surface area contributed by atoms with E-state index in [4.69, 9.17) is 5.84 Å². The fraction of sp³-hybridized carbons (Fsp3) is 0.333. The third-order valence-corrected chi connectivity index (χ3v) is 4.41. The first-order valence-electron chi connectivity index (χ1n) is 7.56. The van der Waals surface area contributed by atoms with Gasteiger partial charge in [0.15, 0.2) is 0 Å². The molecule has 21 heavy (non-hydrogen) atoms. The second kappa shape index (κ2) is 8.23. The van der Waals surface area contributed by atoms with E-state index in [2.05, 4.69) is 67.8 Å². The number of hydrogen-bond acceptors (Lipinski definition) is 3. The van der Waals surface area contributed by atoms with E-state index in [1.165, 1.54) is 21.6 Å². The van der Waals surface area contributed by atoms with Crippen molar-refractivity contribution in [1.29, 1.82) is 0 Å². The molecule has 2 nitrogen and oxygen atoms in total. The number of rotatable bonds is 7. The molecule has 0 amide bonds. The molecule has 112 valence electrons. The van der Waals surface area contributed by atoms with Crippen molar-refractivity contribution in [2.24, 2.45) is 5.84 Å². The van der Waals surface area contributed by atoms with Crippen molar-refractivity contribution in [2.75, 3.05) is 5.75 Å². The van der Waals surface area contributed by atoms with E-state index in [-0.39, 0.29) is 6.04 Å². The molecule has 0 aliphatic rings. The smallest absolute Gasteiger partial charge is 0.0710 e. The van der Waals surface area contributed by atoms with Gasteiger partial charge < -0.3 is 0 Å². The molecule has 0 saturated carbocycles. The maximum absolute atomic E-state index is 5.80. The molecule has 0 spiro atoms. The van der Waals surface area contributed by atoms with Crippen LogP contribution in [-0.2, 0) is 6.42 Å². The molecule has 2 aromatic rings. The van der Waals surface area contributed by atoms with Crippen LogP contribution in [0.5, 0.6) is 0 Å². The lowest BCUT2D eigenvalue weighted by molar-refractivity contribution is 0.635. The maximum Gasteiger partial charge on any atom is 0.0710 e. The SMILES string of the molecule is CCCc1cccc(C(NN)c2ccc(SCC)cc2)c1. The van der Waals surface area contributed by atoms with Crippen molar-refractivity contribution in [3.05, 3.63) is 65.2 Å². The topological polar surface area (TPSA) is 38.0 Å². The van der Waals surface area contributed by atoms with E-state index >= 15 is 0 Å². The number of nitrogens with two attached hydrogens (primary N) is 1. The molecule has 0 heterocycles. The van der Waals surface area contributed by atoms with Gasteiger partial charge in [-0.3, -0.25) is 5.84 Å². The minimum absolute atomic E-state index is 0.0440. The minimum atomic E-state index is 0.0440. The van der Waals surface area contributed by atoms with Crippen molar-refractivity contribution >= 4 is 11.8 Å². The summed E-state index contributed by atoms with van der Waals surface area (Å²) in [7, 11) is 0. The summed E-state index contributed by atoms with van der Waals surface area (Å²) in [6, 6.07) is 17.4. The van der Waals surface area contributed by atoms with Crippen molar-refractivity contribution in [1.82, 2.24) is 5.43 Å². The molecular formula is C18H24N2S. The molecule has 0 aromatic heterocycles. The molecule has 1 atom stereocenters. The Hall–Kier alpha value is -1.29. The Morgan fingerprint density at radius 1 is 1.05 bits per heavy atom. The average molecular weight is 300 g/mol. The van der Waals surface area contributed by atoms with Gasteiger partial charge in [0, 0.05) is 4.90 Å². The van der Waals surface area contributed by atoms with Gasteiger partial charge in [-0.2, -0.15) is 0 Å². The van der Waals surface area contributed by atoms with Crippen LogP contribution < -0.4 is 11.3 Å². The quantitative estimate of drug-likeness (QED) is 0.455. The Balaban J connectivity index is 2.24. The van der Waals surface area contributed by atoms with Crippen molar-refractivity contribution in [3.8, 4) is 0 Å². The summed E-state index contributed by atoms with van der Waals surface area (Å²) in [6.45, 7) is 4.37. The van der Waals surface area contributed by atoms with Crippen molar-refractivity contribution in [2.45, 2.75) is 37.6 Å². The molecule has 1 unspecified atom stereocenters. The van der Waals surface area contributed by atoms with E-state index in [1.54, 1.807) is 0 Å². The molecule has 0 radical (unpaired) electrons. The third kappa shape index (κ3) is 4.34. The van der Waals surface area contributed by atoms with Crippen LogP contribution in [0.2, 0.25) is 0 Å². The first-order chi connectivity index (χ1) is 10.3. The highest BCUT2D eigenvalue weighted by molar-refractivity contribution is 7.99. The zero-order valence-corrected chi connectivity index (χ0v) is 13.6. The van der Waals surface area contributed by atoms with Crippen LogP contribution in [-0.4, -0.2) is 5.75 Å². The Labute approximate surface area is 132 Å². The maximum atomic E-state index is 5.80. The third-order valence-electron chi connectivity index (χ3n) is 3.51. The fourth-order valence-electron chi connectivity index (χ4n) is 2.52. The van der Waals surface area contributed by atoms with Gasteiger partial charge in [-0.25, -0.2) is 5.43 Å². The lowest BCUT2D eigenvalue weighted by Gasteiger charge is -2.18. The monoisotopic (exact) mass is 300 g/mol. The van der Waals surface area contributed by atoms with E-state index in [1.807, 2.05) is 11.8 Å². The summed E-state index contributed by atoms with van der Waals surface area (Å²) in [5.74, 6) is 6.90. The van der Waals surface area contributed by atoms with Crippen LogP contribution in [0.25, 0.3) is 0 Å². The summed E-state index contributed by atoms with van der Waals surface area (Å²) >= 11 is 1.86. The summed E-state index contributed by atoms with van der Waals surface area (Å²) < 4.78 is 0. The van der Waals surface area contributed by atoms with E-state index < -0.39 is 0 Å². The summed E-state index contributed by atoms with van der Waals surface area (Å²) in [5.41, 5.74) is 6.74. The number of aryl methyl sites for hydroxylation is 1. The van der Waals surface area contributed by atoms with Gasteiger partial charge in [-0.1, -0.05) is 56.7 Å². The van der Waals surface area contributed by atoms with E-state index in [9.17, 15) is 0 Å². The van der Waals surface area contributed by atoms with Crippen LogP contribution in [0.3, 0.4) is 0 Å². The van der Waals surface area contributed by atoms with Crippen LogP contribution in [0.4, 0.5) is 0 Å². The standard InChI is InChI=1S/C18H24N2S/c1-3-6-14-7-5-8-16(13-14)18(20-19)15-9-11-17(12-10-15)21-4-2/h5,7-13,18,20H,3-4,6,19H2,1-2H3. The molecular weight excluding hydrogens is 276 g/mol. The molecule has 0 saturated heterocycles. The van der Waals surface area contributed by atoms with Crippen LogP contribution in [0, 0.1) is 0 Å². The molecule has 0 aliphatic carbocycles. The Morgan fingerprint density at radius 3 is 2.43 bits per heavy atom. The summed E-state index contributed by atoms with van der Waals surface area (Å²) in [6.07, 6.45) is 2.27. The summed E-state index contributed by atoms with van der Waals surface area (Å²) in [5, 5.41) is 0. The lowest BCUT2D eigenvalue weighted by Crippen LogP contribution is -2.28. The number of thioether (sulfide) groups is 1. The fourth-order valence-corrected chi connectivity index (χ4v) is 3.19. The molecule has 0 bridgehead atoms. The second-order valence-corrected chi connectivity index (χ2v) is 6.43. The molecule has 0 aliphatic heterocycles. The van der Waals surface area contributed by atoms with E-state index in [0.29, 0.717) is 0 Å². The highest BCUT2D eigenvalue weighted by Gasteiger charge is 2.12. The van der Waals surface area contributed by atoms with Gasteiger partial charge in [0.05, 0.1) is 6.04 Å². The van der Waals surface area contributed by atoms with Gasteiger partial charge in [0.2, 0.25) is 0 Å². The first kappa shape index (κ1) is 16.1. The van der Waals surface area contributed by atoms with Gasteiger partial charge >= 0.3 is 0 Å². The number of nitrogens with one attached hydrogen (secondary N) is 1. The van der Waals surface area contributed by atoms with Gasteiger partial charge in [0.1, 0.15) is 0 Å². The summed E-state index contributed by atoms with van der Waals surface area (Å²) in [4.78, 5) is 1.30. The normalized spacial score (nSPS) is 12.3. The molecule has 3 heteroatoms. The zero-order valence-electron chi connectivity index (χ0n) is 12.8. The van der Waals surface area contributed by atoms with Gasteiger partial charge in [0.25, 0.3) is 0 Å².